The third kappa shape index (κ3) is 53.7. The molecule has 0 saturated heterocycles. The molecule has 0 spiro atoms. The standard InChI is InChI=1S/C14H18Br2O2.C9H12O5S2.2C7H6Br2O.C7H6Br2.2C7H6BrCl.C7H7Br.C7H6Cl2.C6H4Br2O3.C6H4Br2O.C6H4I2O/c1-10(17-12-5-3-2-4-6-12)18-14-8-7-11(15)9-13(14)16;1-15(10,11)7-8-4-3-5-9(6-8)14-16(2,12)13;1-4-6(9)2-5(8)3-7(4)10;1-4-2-7(10)6(9)3-5(4)8;1-5-2-3-6(8)4-7(5)9;1-5-2-3-6(9)4-7(5)8;1-5-2-3-6(8)4-7(5)9;1-6-3-2-4-7(8)5-6;1-5-2-3-6(8)4-7(5)9;7-2-1-3(8)5(10)6(11)4(2)9;7-4-1-5(8)3-6(9)2-4;7-4-1-2-6(9)5(8)3-4/h7-10,12H,2-6H2,1H3;3-6H,7H2,1-2H3;2*2-3,10H,1H3;3*2-4H,1H3;2-5H,1H3;2-4H,1H3;1,9-11H;2*1-3,9H. The second kappa shape index (κ2) is 63.1. The van der Waals surface area contributed by atoms with Crippen LogP contribution in [-0.2, 0) is 30.4 Å². The highest BCUT2D eigenvalue weighted by Crippen LogP contribution is 2.45. The van der Waals surface area contributed by atoms with Gasteiger partial charge in [0.2, 0.25) is 5.75 Å². The maximum atomic E-state index is 11.0. The quantitative estimate of drug-likeness (QED) is 0.0324. The number of halogens is 21. The number of hydrogen-bond donors (Lipinski definition) is 7. The van der Waals surface area contributed by atoms with Gasteiger partial charge in [-0.25, -0.2) is 8.42 Å². The van der Waals surface area contributed by atoms with Crippen LogP contribution in [0, 0.1) is 55.6 Å². The second-order valence-corrected chi connectivity index (χ2v) is 47.8. The lowest BCUT2D eigenvalue weighted by molar-refractivity contribution is -0.117. The zero-order valence-corrected chi connectivity index (χ0v) is 102. The van der Waals surface area contributed by atoms with Crippen molar-refractivity contribution < 1.29 is 66.2 Å². The van der Waals surface area contributed by atoms with Gasteiger partial charge in [0.15, 0.2) is 27.6 Å². The summed E-state index contributed by atoms with van der Waals surface area (Å²) in [5.74, 6) is 0.718. The molecule has 0 radical (unpaired) electrons. The van der Waals surface area contributed by atoms with Gasteiger partial charge in [-0.3, -0.25) is 0 Å². The molecule has 12 aromatic carbocycles. The van der Waals surface area contributed by atoms with Crippen molar-refractivity contribution in [3.05, 3.63) is 345 Å². The lowest BCUT2D eigenvalue weighted by atomic mass is 9.98. The molecule has 13 rings (SSSR count). The van der Waals surface area contributed by atoms with Gasteiger partial charge in [-0.2, -0.15) is 8.42 Å². The molecular weight excluding hydrogens is 2960 g/mol. The number of hydrogen-bond acceptors (Lipinski definition) is 14. The Morgan fingerprint density at radius 3 is 1.29 bits per heavy atom. The summed E-state index contributed by atoms with van der Waals surface area (Å²) in [4.78, 5) is 0. The van der Waals surface area contributed by atoms with Gasteiger partial charge in [0, 0.05) is 84.7 Å². The van der Waals surface area contributed by atoms with E-state index in [9.17, 15) is 21.9 Å². The van der Waals surface area contributed by atoms with Crippen molar-refractivity contribution in [3.63, 3.8) is 0 Å². The van der Waals surface area contributed by atoms with E-state index in [2.05, 4.69) is 320 Å². The number of sulfone groups is 1. The number of phenolic OH excluding ortho intramolecular Hbond substituents is 7. The highest BCUT2D eigenvalue weighted by atomic mass is 127. The number of aryl methyl sites for hydroxylation is 6. The van der Waals surface area contributed by atoms with Crippen LogP contribution < -0.4 is 8.92 Å². The molecule has 0 amide bonds. The summed E-state index contributed by atoms with van der Waals surface area (Å²) < 4.78 is 75.6. The smallest absolute Gasteiger partial charge is 0.306 e. The fraction of sp³-hybridized carbons (Fsp3) is 0.200. The van der Waals surface area contributed by atoms with E-state index in [0.717, 1.165) is 129 Å². The van der Waals surface area contributed by atoms with Crippen LogP contribution in [-0.4, -0.2) is 77.5 Å². The fourth-order valence-corrected chi connectivity index (χ4v) is 21.1. The molecule has 0 heterocycles. The average Bonchev–Trinajstić information content (AvgIpc) is 0.832. The molecule has 1 fully saturated rings. The molecule has 1 atom stereocenters. The molecule has 0 aliphatic heterocycles. The van der Waals surface area contributed by atoms with E-state index < -0.39 is 25.7 Å². The largest absolute Gasteiger partial charge is 0.508 e. The first-order valence-corrected chi connectivity index (χ1v) is 56.0. The number of aromatic hydroxyl groups is 7. The Morgan fingerprint density at radius 2 is 0.858 bits per heavy atom. The van der Waals surface area contributed by atoms with Crippen molar-refractivity contribution in [2.75, 3.05) is 12.5 Å². The Bertz CT molecular complexity index is 5280. The molecule has 0 bridgehead atoms. The van der Waals surface area contributed by atoms with Gasteiger partial charge >= 0.3 is 10.1 Å². The summed E-state index contributed by atoms with van der Waals surface area (Å²) in [6.07, 6.45) is 8.41. The molecule has 688 valence electrons. The predicted molar refractivity (Wildman–Crippen MR) is 595 cm³/mol. The molecule has 12 aromatic rings. The topological polar surface area (TPSA) is 238 Å². The molecule has 1 unspecified atom stereocenters. The Kier molecular flexibility index (Phi) is 60.4. The maximum absolute atomic E-state index is 11.0. The fourth-order valence-electron chi connectivity index (χ4n) is 9.17. The zero-order chi connectivity index (χ0) is 96.5. The summed E-state index contributed by atoms with van der Waals surface area (Å²) in [6, 6.07) is 62.4. The van der Waals surface area contributed by atoms with Crippen molar-refractivity contribution in [2.45, 2.75) is 106 Å². The van der Waals surface area contributed by atoms with E-state index in [4.69, 9.17) is 86.5 Å². The molecule has 1 saturated carbocycles. The van der Waals surface area contributed by atoms with Gasteiger partial charge in [0.05, 0.1) is 39.6 Å². The van der Waals surface area contributed by atoms with Crippen LogP contribution in [0.2, 0.25) is 20.1 Å². The third-order valence-corrected chi connectivity index (χ3v) is 29.0. The van der Waals surface area contributed by atoms with Crippen molar-refractivity contribution in [1.29, 1.82) is 0 Å². The third-order valence-electron chi connectivity index (χ3n) is 15.6. The molecule has 7 N–H and O–H groups in total. The minimum absolute atomic E-state index is 0.114. The molecule has 0 aromatic heterocycles. The molecule has 14 nitrogen and oxygen atoms in total. The number of rotatable bonds is 8. The number of phenols is 7. The minimum Gasteiger partial charge on any atom is -0.508 e. The lowest BCUT2D eigenvalue weighted by Crippen LogP contribution is -2.26. The second-order valence-electron chi connectivity index (χ2n) is 26.7. The van der Waals surface area contributed by atoms with E-state index in [-0.39, 0.29) is 40.8 Å². The van der Waals surface area contributed by atoms with Gasteiger partial charge in [0.1, 0.15) is 34.5 Å². The Hall–Kier alpha value is -1.48. The van der Waals surface area contributed by atoms with Crippen LogP contribution >= 0.6 is 331 Å². The van der Waals surface area contributed by atoms with Crippen molar-refractivity contribution >= 4 is 350 Å². The summed E-state index contributed by atoms with van der Waals surface area (Å²) in [7, 11) is -6.73. The van der Waals surface area contributed by atoms with Crippen molar-refractivity contribution in [2.24, 2.45) is 0 Å². The molecule has 127 heavy (non-hydrogen) atoms. The Balaban J connectivity index is 0.000000473. The molecule has 1 aliphatic carbocycles. The molecule has 37 heteroatoms. The summed E-state index contributed by atoms with van der Waals surface area (Å²) >= 11 is 76.4. The zero-order valence-electron chi connectivity index (χ0n) is 68.8. The maximum Gasteiger partial charge on any atom is 0.306 e. The Labute approximate surface area is 918 Å². The van der Waals surface area contributed by atoms with Gasteiger partial charge in [-0.15, -0.1) is 0 Å². The number of benzene rings is 12. The van der Waals surface area contributed by atoms with Crippen LogP contribution in [0.25, 0.3) is 0 Å². The van der Waals surface area contributed by atoms with Crippen LogP contribution in [0.15, 0.2) is 273 Å². The normalized spacial score (nSPS) is 11.3. The highest BCUT2D eigenvalue weighted by molar-refractivity contribution is 14.1. The minimum atomic E-state index is -3.59. The first kappa shape index (κ1) is 122. The molecular formula is C90H85Br15Cl4I2O14S2. The van der Waals surface area contributed by atoms with E-state index in [1.54, 1.807) is 48.5 Å². The predicted octanol–water partition coefficient (Wildman–Crippen LogP) is 36.6. The van der Waals surface area contributed by atoms with Crippen molar-refractivity contribution in [3.8, 4) is 51.7 Å². The van der Waals surface area contributed by atoms with E-state index in [1.165, 1.54) is 54.2 Å². The lowest BCUT2D eigenvalue weighted by Gasteiger charge is -2.26. The van der Waals surface area contributed by atoms with Gasteiger partial charge in [0.25, 0.3) is 0 Å². The summed E-state index contributed by atoms with van der Waals surface area (Å²) in [5.41, 5.74) is 8.31. The SMILES string of the molecule is CC(Oc1ccc(Br)cc1Br)OC1CCCCC1.CS(=O)(=O)Cc1cccc(OS(C)(=O)=O)c1.Cc1c(O)cc(Br)cc1Br.Cc1cc(O)c(Br)cc1Br.Cc1ccc(Br)cc1Br.Cc1ccc(Br)cc1Cl.Cc1ccc(Cl)cc1Br.Cc1ccc(Cl)cc1Cl.Cc1cccc(Br)c1.Oc1c(Br)cc(Br)c(O)c1O.Oc1cc(Br)cc(Br)c1.Oc1ccc(I)cc1I. The summed E-state index contributed by atoms with van der Waals surface area (Å²) in [6.45, 7) is 15.8. The monoisotopic (exact) mass is 3030 g/mol. The van der Waals surface area contributed by atoms with Gasteiger partial charge < -0.3 is 49.4 Å². The van der Waals surface area contributed by atoms with E-state index in [1.807, 2.05) is 163 Å². The van der Waals surface area contributed by atoms with Crippen LogP contribution in [0.1, 0.15) is 83.5 Å². The van der Waals surface area contributed by atoms with Gasteiger partial charge in [-0.05, 0) is 368 Å². The van der Waals surface area contributed by atoms with E-state index >= 15 is 0 Å². The first-order valence-electron chi connectivity index (χ1n) is 36.5. The van der Waals surface area contributed by atoms with Gasteiger partial charge in [-0.1, -0.05) is 295 Å². The van der Waals surface area contributed by atoms with Crippen LogP contribution in [0.3, 0.4) is 0 Å². The Morgan fingerprint density at radius 1 is 0.394 bits per heavy atom. The average molecular weight is 3050 g/mol. The first-order chi connectivity index (χ1) is 59.0. The highest BCUT2D eigenvalue weighted by Gasteiger charge is 2.19. The molecule has 1 aliphatic rings. The van der Waals surface area contributed by atoms with Crippen molar-refractivity contribution in [1.82, 2.24) is 0 Å². The number of ether oxygens (including phenoxy) is 2. The van der Waals surface area contributed by atoms with E-state index in [0.29, 0.717) is 41.6 Å². The van der Waals surface area contributed by atoms with Crippen LogP contribution in [0.4, 0.5) is 0 Å². The summed E-state index contributed by atoms with van der Waals surface area (Å²) in [5, 5.41) is 66.4. The van der Waals surface area contributed by atoms with Crippen LogP contribution in [0.5, 0.6) is 51.7 Å².